The van der Waals surface area contributed by atoms with Gasteiger partial charge in [0.25, 0.3) is 0 Å². The highest BCUT2D eigenvalue weighted by atomic mass is 16.2. The molecule has 90 valence electrons. The molecule has 0 N–H and O–H groups in total. The number of carbonyl (C=O) groups excluding carboxylic acids is 1. The number of fused-ring (bicyclic) bond motifs is 1. The van der Waals surface area contributed by atoms with Gasteiger partial charge >= 0.3 is 0 Å². The number of carbonyl (C=O) groups is 1. The Morgan fingerprint density at radius 1 is 1.35 bits per heavy atom. The van der Waals surface area contributed by atoms with Crippen LogP contribution in [0.3, 0.4) is 0 Å². The molecule has 0 spiro atoms. The minimum absolute atomic E-state index is 0.116. The summed E-state index contributed by atoms with van der Waals surface area (Å²) in [5, 5.41) is 1.28. The SMILES string of the molecule is CC(=O)N(C)CCc1cn(C)c2ccccc12. The third-order valence-electron chi connectivity index (χ3n) is 3.23. The number of aromatic nitrogens is 1. The molecule has 1 aromatic carbocycles. The van der Waals surface area contributed by atoms with Crippen LogP contribution in [0.1, 0.15) is 12.5 Å². The van der Waals surface area contributed by atoms with E-state index in [9.17, 15) is 4.79 Å². The van der Waals surface area contributed by atoms with Gasteiger partial charge in [-0.15, -0.1) is 0 Å². The van der Waals surface area contributed by atoms with Gasteiger partial charge in [0.15, 0.2) is 0 Å². The lowest BCUT2D eigenvalue weighted by molar-refractivity contribution is -0.127. The molecule has 1 aromatic heterocycles. The number of hydrogen-bond acceptors (Lipinski definition) is 1. The van der Waals surface area contributed by atoms with Crippen LogP contribution in [0.4, 0.5) is 0 Å². The first-order valence-corrected chi connectivity index (χ1v) is 5.84. The minimum Gasteiger partial charge on any atom is -0.350 e. The van der Waals surface area contributed by atoms with Crippen molar-refractivity contribution >= 4 is 16.8 Å². The van der Waals surface area contributed by atoms with Crippen LogP contribution in [0, 0.1) is 0 Å². The molecule has 3 nitrogen and oxygen atoms in total. The van der Waals surface area contributed by atoms with Crippen molar-refractivity contribution in [1.82, 2.24) is 9.47 Å². The van der Waals surface area contributed by atoms with Crippen LogP contribution in [0.2, 0.25) is 0 Å². The smallest absolute Gasteiger partial charge is 0.219 e. The molecule has 1 heterocycles. The molecular weight excluding hydrogens is 212 g/mol. The van der Waals surface area contributed by atoms with Crippen LogP contribution >= 0.6 is 0 Å². The van der Waals surface area contributed by atoms with E-state index >= 15 is 0 Å². The molecule has 3 heteroatoms. The standard InChI is InChI=1S/C14H18N2O/c1-11(17)15(2)9-8-12-10-16(3)14-7-5-4-6-13(12)14/h4-7,10H,8-9H2,1-3H3. The maximum Gasteiger partial charge on any atom is 0.219 e. The Labute approximate surface area is 102 Å². The monoisotopic (exact) mass is 230 g/mol. The van der Waals surface area contributed by atoms with Gasteiger partial charge in [-0.05, 0) is 18.1 Å². The first-order chi connectivity index (χ1) is 8.09. The molecule has 1 amide bonds. The Morgan fingerprint density at radius 2 is 2.06 bits per heavy atom. The first-order valence-electron chi connectivity index (χ1n) is 5.84. The molecule has 17 heavy (non-hydrogen) atoms. The summed E-state index contributed by atoms with van der Waals surface area (Å²) < 4.78 is 2.14. The van der Waals surface area contributed by atoms with Gasteiger partial charge in [-0.2, -0.15) is 0 Å². The molecule has 0 radical (unpaired) electrons. The summed E-state index contributed by atoms with van der Waals surface area (Å²) in [6.07, 6.45) is 3.05. The summed E-state index contributed by atoms with van der Waals surface area (Å²) in [5.74, 6) is 0.116. The van der Waals surface area contributed by atoms with Gasteiger partial charge in [-0.25, -0.2) is 0 Å². The lowest BCUT2D eigenvalue weighted by atomic mass is 10.1. The molecule has 2 rings (SSSR count). The van der Waals surface area contributed by atoms with Crippen molar-refractivity contribution in [2.45, 2.75) is 13.3 Å². The highest BCUT2D eigenvalue weighted by Gasteiger charge is 2.07. The Hall–Kier alpha value is -1.77. The topological polar surface area (TPSA) is 25.2 Å². The zero-order valence-corrected chi connectivity index (χ0v) is 10.6. The van der Waals surface area contributed by atoms with E-state index in [4.69, 9.17) is 0 Å². The predicted octanol–water partition coefficient (Wildman–Crippen LogP) is 2.20. The summed E-state index contributed by atoms with van der Waals surface area (Å²) in [7, 11) is 3.90. The quantitative estimate of drug-likeness (QED) is 0.793. The van der Waals surface area contributed by atoms with Gasteiger partial charge in [0.1, 0.15) is 0 Å². The normalized spacial score (nSPS) is 10.8. The van der Waals surface area contributed by atoms with E-state index in [1.165, 1.54) is 16.5 Å². The first kappa shape index (κ1) is 11.7. The number of benzene rings is 1. The highest BCUT2D eigenvalue weighted by molar-refractivity contribution is 5.84. The summed E-state index contributed by atoms with van der Waals surface area (Å²) in [4.78, 5) is 12.9. The third kappa shape index (κ3) is 2.33. The molecule has 0 atom stereocenters. The second kappa shape index (κ2) is 4.62. The van der Waals surface area contributed by atoms with E-state index < -0.39 is 0 Å². The number of rotatable bonds is 3. The lowest BCUT2D eigenvalue weighted by Gasteiger charge is -2.13. The fourth-order valence-corrected chi connectivity index (χ4v) is 2.07. The second-order valence-corrected chi connectivity index (χ2v) is 4.47. The molecular formula is C14H18N2O. The summed E-state index contributed by atoms with van der Waals surface area (Å²) >= 11 is 0. The van der Waals surface area contributed by atoms with Crippen LogP contribution in [0.15, 0.2) is 30.5 Å². The van der Waals surface area contributed by atoms with Gasteiger partial charge in [0.2, 0.25) is 5.91 Å². The highest BCUT2D eigenvalue weighted by Crippen LogP contribution is 2.20. The van der Waals surface area contributed by atoms with Gasteiger partial charge in [-0.3, -0.25) is 4.79 Å². The fourth-order valence-electron chi connectivity index (χ4n) is 2.07. The van der Waals surface area contributed by atoms with E-state index in [2.05, 4.69) is 36.0 Å². The predicted molar refractivity (Wildman–Crippen MR) is 69.9 cm³/mol. The number of aryl methyl sites for hydroxylation is 1. The van der Waals surface area contributed by atoms with E-state index in [-0.39, 0.29) is 5.91 Å². The van der Waals surface area contributed by atoms with E-state index in [0.717, 1.165) is 13.0 Å². The van der Waals surface area contributed by atoms with Crippen molar-refractivity contribution in [3.8, 4) is 0 Å². The number of nitrogens with zero attached hydrogens (tertiary/aromatic N) is 2. The maximum absolute atomic E-state index is 11.2. The van der Waals surface area contributed by atoms with E-state index in [0.29, 0.717) is 0 Å². The van der Waals surface area contributed by atoms with E-state index in [1.807, 2.05) is 13.1 Å². The molecule has 0 aliphatic rings. The number of para-hydroxylation sites is 1. The second-order valence-electron chi connectivity index (χ2n) is 4.47. The van der Waals surface area contributed by atoms with Crippen molar-refractivity contribution in [3.05, 3.63) is 36.0 Å². The molecule has 0 unspecified atom stereocenters. The number of likely N-dealkylation sites (N-methyl/N-ethyl adjacent to an activating group) is 1. The van der Waals surface area contributed by atoms with Gasteiger partial charge in [0, 0.05) is 44.7 Å². The van der Waals surface area contributed by atoms with Crippen LogP contribution in [-0.2, 0) is 18.3 Å². The fraction of sp³-hybridized carbons (Fsp3) is 0.357. The molecule has 0 aliphatic heterocycles. The molecule has 2 aromatic rings. The largest absolute Gasteiger partial charge is 0.350 e. The Morgan fingerprint density at radius 3 is 2.76 bits per heavy atom. The van der Waals surface area contributed by atoms with Crippen molar-refractivity contribution in [2.75, 3.05) is 13.6 Å². The van der Waals surface area contributed by atoms with Crippen molar-refractivity contribution < 1.29 is 4.79 Å². The van der Waals surface area contributed by atoms with Crippen LogP contribution in [0.25, 0.3) is 10.9 Å². The summed E-state index contributed by atoms with van der Waals surface area (Å²) in [6.45, 7) is 2.37. The molecule has 0 saturated heterocycles. The van der Waals surface area contributed by atoms with Crippen molar-refractivity contribution in [3.63, 3.8) is 0 Å². The molecule has 0 aliphatic carbocycles. The van der Waals surface area contributed by atoms with Crippen molar-refractivity contribution in [1.29, 1.82) is 0 Å². The molecule has 0 bridgehead atoms. The molecule has 0 saturated carbocycles. The Kier molecular flexibility index (Phi) is 3.18. The zero-order chi connectivity index (χ0) is 12.4. The summed E-state index contributed by atoms with van der Waals surface area (Å²) in [5.41, 5.74) is 2.55. The van der Waals surface area contributed by atoms with Gasteiger partial charge in [0.05, 0.1) is 0 Å². The number of hydrogen-bond donors (Lipinski definition) is 0. The average molecular weight is 230 g/mol. The van der Waals surface area contributed by atoms with E-state index in [1.54, 1.807) is 11.8 Å². The maximum atomic E-state index is 11.2. The van der Waals surface area contributed by atoms with Crippen LogP contribution in [0.5, 0.6) is 0 Å². The average Bonchev–Trinajstić information content (AvgIpc) is 2.64. The van der Waals surface area contributed by atoms with Gasteiger partial charge < -0.3 is 9.47 Å². The van der Waals surface area contributed by atoms with Crippen LogP contribution in [-0.4, -0.2) is 29.0 Å². The lowest BCUT2D eigenvalue weighted by Crippen LogP contribution is -2.26. The van der Waals surface area contributed by atoms with Crippen LogP contribution < -0.4 is 0 Å². The number of amides is 1. The Balaban J connectivity index is 2.22. The zero-order valence-electron chi connectivity index (χ0n) is 10.6. The minimum atomic E-state index is 0.116. The van der Waals surface area contributed by atoms with Gasteiger partial charge in [-0.1, -0.05) is 18.2 Å². The Bertz CT molecular complexity index is 542. The summed E-state index contributed by atoms with van der Waals surface area (Å²) in [6, 6.07) is 8.36. The van der Waals surface area contributed by atoms with Crippen molar-refractivity contribution in [2.24, 2.45) is 7.05 Å². The molecule has 0 fully saturated rings. The third-order valence-corrected chi connectivity index (χ3v) is 3.23.